The zero-order chi connectivity index (χ0) is 14.3. The molecule has 0 spiro atoms. The van der Waals surface area contributed by atoms with E-state index in [0.29, 0.717) is 25.0 Å². The Morgan fingerprint density at radius 1 is 1.47 bits per heavy atom. The van der Waals surface area contributed by atoms with Gasteiger partial charge in [0.05, 0.1) is 19.6 Å². The van der Waals surface area contributed by atoms with E-state index >= 15 is 0 Å². The Kier molecular flexibility index (Phi) is 7.34. The Balaban J connectivity index is 2.47. The van der Waals surface area contributed by atoms with E-state index in [1.54, 1.807) is 0 Å². The van der Waals surface area contributed by atoms with Crippen LogP contribution in [-0.2, 0) is 9.53 Å². The molecule has 0 amide bonds. The lowest BCUT2D eigenvalue weighted by Crippen LogP contribution is -2.52. The molecule has 19 heavy (non-hydrogen) atoms. The summed E-state index contributed by atoms with van der Waals surface area (Å²) < 4.78 is 4.85. The Hall–Kier alpha value is -0.650. The van der Waals surface area contributed by atoms with E-state index in [1.165, 1.54) is 7.11 Å². The lowest BCUT2D eigenvalue weighted by molar-refractivity contribution is -0.147. The average Bonchev–Trinajstić information content (AvgIpc) is 2.37. The fourth-order valence-electron chi connectivity index (χ4n) is 2.58. The Morgan fingerprint density at radius 2 is 2.21 bits per heavy atom. The summed E-state index contributed by atoms with van der Waals surface area (Å²) in [4.78, 5) is 13.8. The van der Waals surface area contributed by atoms with E-state index in [4.69, 9.17) is 9.84 Å². The van der Waals surface area contributed by atoms with Gasteiger partial charge < -0.3 is 15.2 Å². The van der Waals surface area contributed by atoms with Gasteiger partial charge in [-0.2, -0.15) is 0 Å². The molecule has 5 nitrogen and oxygen atoms in total. The van der Waals surface area contributed by atoms with Gasteiger partial charge in [0, 0.05) is 25.7 Å². The lowest BCUT2D eigenvalue weighted by atomic mass is 9.94. The van der Waals surface area contributed by atoms with E-state index in [1.807, 2.05) is 0 Å². The summed E-state index contributed by atoms with van der Waals surface area (Å²) in [6.07, 6.45) is 1.96. The smallest absolute Gasteiger partial charge is 0.310 e. The number of piperidine rings is 1. The highest BCUT2D eigenvalue weighted by Gasteiger charge is 2.31. The number of carbonyl (C=O) groups excluding carboxylic acids is 1. The third kappa shape index (κ3) is 5.89. The number of aliphatic hydroxyl groups is 1. The van der Waals surface area contributed by atoms with Crippen LogP contribution in [0.5, 0.6) is 0 Å². The fraction of sp³-hybridized carbons (Fsp3) is 0.929. The van der Waals surface area contributed by atoms with Gasteiger partial charge in [0.25, 0.3) is 0 Å². The normalized spacial score (nSPS) is 24.7. The summed E-state index contributed by atoms with van der Waals surface area (Å²) in [6, 6.07) is 0.308. The minimum Gasteiger partial charge on any atom is -0.469 e. The van der Waals surface area contributed by atoms with Crippen LogP contribution in [0, 0.1) is 11.8 Å². The summed E-state index contributed by atoms with van der Waals surface area (Å²) in [6.45, 7) is 7.73. The number of hydrogen-bond acceptors (Lipinski definition) is 5. The second-order valence-corrected chi connectivity index (χ2v) is 5.77. The number of esters is 1. The largest absolute Gasteiger partial charge is 0.469 e. The number of β-amino-alcohol motifs (C(OH)–C–C–N with tert-alkyl or cyclic N) is 1. The molecular formula is C14H28N2O3. The Labute approximate surface area is 116 Å². The highest BCUT2D eigenvalue weighted by molar-refractivity contribution is 5.72. The standard InChI is InChI=1S/C14H28N2O3/c1-11(2)4-5-15-13-8-12(14(18)19-3)9-16(10-13)6-7-17/h11-13,15,17H,4-10H2,1-3H3. The van der Waals surface area contributed by atoms with E-state index in [-0.39, 0.29) is 18.5 Å². The number of nitrogens with zero attached hydrogens (tertiary/aromatic N) is 1. The maximum atomic E-state index is 11.7. The average molecular weight is 272 g/mol. The molecule has 1 rings (SSSR count). The molecule has 0 aromatic rings. The van der Waals surface area contributed by atoms with Gasteiger partial charge in [-0.1, -0.05) is 13.8 Å². The van der Waals surface area contributed by atoms with Gasteiger partial charge in [0.15, 0.2) is 0 Å². The third-order valence-corrected chi connectivity index (χ3v) is 3.63. The molecule has 1 saturated heterocycles. The molecule has 0 bridgehead atoms. The number of ether oxygens (including phenoxy) is 1. The summed E-state index contributed by atoms with van der Waals surface area (Å²) in [7, 11) is 1.44. The molecule has 1 aliphatic rings. The van der Waals surface area contributed by atoms with Gasteiger partial charge in [-0.25, -0.2) is 0 Å². The zero-order valence-corrected chi connectivity index (χ0v) is 12.4. The molecule has 0 aromatic carbocycles. The van der Waals surface area contributed by atoms with Crippen molar-refractivity contribution in [3.05, 3.63) is 0 Å². The first-order valence-electron chi connectivity index (χ1n) is 7.21. The second kappa shape index (κ2) is 8.51. The van der Waals surface area contributed by atoms with Crippen molar-refractivity contribution >= 4 is 5.97 Å². The number of aliphatic hydroxyl groups excluding tert-OH is 1. The molecule has 0 saturated carbocycles. The molecule has 2 unspecified atom stereocenters. The fourth-order valence-corrected chi connectivity index (χ4v) is 2.58. The van der Waals surface area contributed by atoms with Crippen molar-refractivity contribution in [1.82, 2.24) is 10.2 Å². The van der Waals surface area contributed by atoms with E-state index in [9.17, 15) is 4.79 Å². The van der Waals surface area contributed by atoms with Crippen molar-refractivity contribution < 1.29 is 14.6 Å². The molecule has 1 fully saturated rings. The highest BCUT2D eigenvalue weighted by atomic mass is 16.5. The van der Waals surface area contributed by atoms with Crippen LogP contribution in [-0.4, -0.2) is 61.9 Å². The van der Waals surface area contributed by atoms with E-state index in [2.05, 4.69) is 24.1 Å². The van der Waals surface area contributed by atoms with Crippen molar-refractivity contribution in [3.63, 3.8) is 0 Å². The zero-order valence-electron chi connectivity index (χ0n) is 12.4. The number of hydrogen-bond donors (Lipinski definition) is 2. The van der Waals surface area contributed by atoms with Gasteiger partial charge in [-0.3, -0.25) is 9.69 Å². The first-order valence-corrected chi connectivity index (χ1v) is 7.21. The summed E-state index contributed by atoms with van der Waals surface area (Å²) in [5.41, 5.74) is 0. The summed E-state index contributed by atoms with van der Waals surface area (Å²) in [5.74, 6) is 0.459. The SMILES string of the molecule is COC(=O)C1CC(NCCC(C)C)CN(CCO)C1. The number of methoxy groups -OCH3 is 1. The third-order valence-electron chi connectivity index (χ3n) is 3.63. The van der Waals surface area contributed by atoms with Crippen LogP contribution in [0.2, 0.25) is 0 Å². The minimum absolute atomic E-state index is 0.0816. The van der Waals surface area contributed by atoms with Crippen LogP contribution in [0.3, 0.4) is 0 Å². The number of likely N-dealkylation sites (tertiary alicyclic amines) is 1. The topological polar surface area (TPSA) is 61.8 Å². The summed E-state index contributed by atoms with van der Waals surface area (Å²) >= 11 is 0. The molecule has 112 valence electrons. The van der Waals surface area contributed by atoms with Crippen LogP contribution in [0.4, 0.5) is 0 Å². The maximum absolute atomic E-state index is 11.7. The van der Waals surface area contributed by atoms with Gasteiger partial charge in [-0.15, -0.1) is 0 Å². The minimum atomic E-state index is -0.140. The number of rotatable bonds is 7. The predicted octanol–water partition coefficient (Wildman–Crippen LogP) is 0.478. The van der Waals surface area contributed by atoms with Crippen molar-refractivity contribution in [1.29, 1.82) is 0 Å². The van der Waals surface area contributed by atoms with Crippen LogP contribution >= 0.6 is 0 Å². The molecule has 0 aromatic heterocycles. The van der Waals surface area contributed by atoms with Crippen LogP contribution in [0.1, 0.15) is 26.7 Å². The Bertz CT molecular complexity index is 271. The first-order chi connectivity index (χ1) is 9.06. The van der Waals surface area contributed by atoms with Gasteiger partial charge in [0.1, 0.15) is 0 Å². The quantitative estimate of drug-likeness (QED) is 0.660. The molecule has 5 heteroatoms. The lowest BCUT2D eigenvalue weighted by Gasteiger charge is -2.36. The molecule has 2 N–H and O–H groups in total. The van der Waals surface area contributed by atoms with E-state index < -0.39 is 0 Å². The van der Waals surface area contributed by atoms with E-state index in [0.717, 1.165) is 25.9 Å². The van der Waals surface area contributed by atoms with Crippen LogP contribution < -0.4 is 5.32 Å². The Morgan fingerprint density at radius 3 is 2.79 bits per heavy atom. The molecule has 0 aliphatic carbocycles. The first kappa shape index (κ1) is 16.4. The molecule has 1 heterocycles. The van der Waals surface area contributed by atoms with Crippen molar-refractivity contribution in [2.75, 3.05) is 39.9 Å². The predicted molar refractivity (Wildman–Crippen MR) is 74.9 cm³/mol. The van der Waals surface area contributed by atoms with Crippen molar-refractivity contribution in [2.45, 2.75) is 32.7 Å². The van der Waals surface area contributed by atoms with Crippen LogP contribution in [0.15, 0.2) is 0 Å². The second-order valence-electron chi connectivity index (χ2n) is 5.77. The summed E-state index contributed by atoms with van der Waals surface area (Å²) in [5, 5.41) is 12.6. The van der Waals surface area contributed by atoms with Crippen molar-refractivity contribution in [2.24, 2.45) is 11.8 Å². The maximum Gasteiger partial charge on any atom is 0.310 e. The van der Waals surface area contributed by atoms with Gasteiger partial charge >= 0.3 is 5.97 Å². The number of carbonyl (C=O) groups is 1. The molecular weight excluding hydrogens is 244 g/mol. The number of nitrogens with one attached hydrogen (secondary N) is 1. The molecule has 1 aliphatic heterocycles. The molecule has 2 atom stereocenters. The monoisotopic (exact) mass is 272 g/mol. The van der Waals surface area contributed by atoms with Crippen molar-refractivity contribution in [3.8, 4) is 0 Å². The van der Waals surface area contributed by atoms with Gasteiger partial charge in [-0.05, 0) is 25.3 Å². The molecule has 0 radical (unpaired) electrons. The highest BCUT2D eigenvalue weighted by Crippen LogP contribution is 2.18. The van der Waals surface area contributed by atoms with Gasteiger partial charge in [0.2, 0.25) is 0 Å². The van der Waals surface area contributed by atoms with Crippen LogP contribution in [0.25, 0.3) is 0 Å².